The molecule has 197 valence electrons. The maximum Gasteiger partial charge on any atom is 3.00 e. The molecule has 0 aliphatic carbocycles. The second-order valence-corrected chi connectivity index (χ2v) is 2.12. The topological polar surface area (TPSA) is 530 Å². The average Bonchev–Trinajstić information content (AvgIpc) is 2.40. The van der Waals surface area contributed by atoms with Crippen LogP contribution in [0.5, 0.6) is 0 Å². The molecule has 1 radical (unpaired) electrons. The fourth-order valence-corrected chi connectivity index (χ4v) is 0. The monoisotopic (exact) mass is 518 g/mol. The number of carboxylic acid groups (broad SMARTS) is 4. The van der Waals surface area contributed by atoms with Crippen molar-refractivity contribution in [2.45, 2.75) is 0 Å². The second-order valence-electron chi connectivity index (χ2n) is 2.12. The minimum absolute atomic E-state index is 0. The number of carbonyl (C=O) groups excluding carboxylic acids is 4. The van der Waals surface area contributed by atoms with Gasteiger partial charge < -0.3 is 110 Å². The molecule has 0 aliphatic rings. The van der Waals surface area contributed by atoms with E-state index in [2.05, 4.69) is 0 Å². The Balaban J connectivity index is -0.00000000853. The summed E-state index contributed by atoms with van der Waals surface area (Å²) in [5.74, 6) is -5.76. The summed E-state index contributed by atoms with van der Waals surface area (Å²) < 4.78 is 0. The quantitative estimate of drug-likeness (QED) is 0.217. The van der Waals surface area contributed by atoms with Gasteiger partial charge in [-0.15, -0.1) is 0 Å². The fourth-order valence-electron chi connectivity index (χ4n) is 0. The van der Waals surface area contributed by atoms with E-state index in [9.17, 15) is 0 Å². The third-order valence-electron chi connectivity index (χ3n) is 0.516. The third kappa shape index (κ3) is 463. The molecule has 0 saturated carbocycles. The summed E-state index contributed by atoms with van der Waals surface area (Å²) in [7, 11) is 0. The van der Waals surface area contributed by atoms with Crippen molar-refractivity contribution in [3.63, 3.8) is 0 Å². The van der Waals surface area contributed by atoms with Gasteiger partial charge in [0.1, 0.15) is 0 Å². The summed E-state index contributed by atoms with van der Waals surface area (Å²) in [6.45, 7) is -3.56. The smallest absolute Gasteiger partial charge is 0.548 e. The van der Waals surface area contributed by atoms with Crippen molar-refractivity contribution >= 4 is 23.9 Å². The molecule has 0 atom stereocenters. The number of aliphatic hydroxyl groups is 4. The van der Waals surface area contributed by atoms with Crippen LogP contribution in [-0.4, -0.2) is 115 Å². The van der Waals surface area contributed by atoms with E-state index in [0.29, 0.717) is 0 Å². The van der Waals surface area contributed by atoms with E-state index in [1.807, 2.05) is 0 Å². The molecule has 0 aliphatic heterocycles. The van der Waals surface area contributed by atoms with Crippen molar-refractivity contribution in [2.75, 3.05) is 26.4 Å². The molecule has 22 heteroatoms. The Morgan fingerprint density at radius 2 is 0.467 bits per heavy atom. The zero-order valence-corrected chi connectivity index (χ0v) is 16.3. The standard InChI is InChI=1S/4C2H4O3.Fe.H3N.8H2O/c4*3-1-2(4)5;;;;;;;;;;/h4*3H,1H2,(H,4,5);;1H3;8*1H2/q;;;;+3;;;;;;;;;/p-3. The number of hydrogen-bond donors (Lipinski definition) is 5. The molecule has 0 spiro atoms. The minimum atomic E-state index is -1.44. The number of quaternary nitrogens is 1. The number of aliphatic carboxylic acids is 4. The minimum Gasteiger partial charge on any atom is -0.548 e. The van der Waals surface area contributed by atoms with E-state index < -0.39 is 50.3 Å². The van der Waals surface area contributed by atoms with Gasteiger partial charge in [0.2, 0.25) is 0 Å². The van der Waals surface area contributed by atoms with Crippen molar-refractivity contribution in [2.24, 2.45) is 0 Å². The predicted octanol–water partition coefficient (Wildman–Crippen LogP) is -15.3. The van der Waals surface area contributed by atoms with Crippen LogP contribution >= 0.6 is 0 Å². The van der Waals surface area contributed by atoms with Crippen molar-refractivity contribution < 1.29 is 121 Å². The number of rotatable bonds is 4. The number of hydrogen-bond acceptors (Lipinski definition) is 12. The van der Waals surface area contributed by atoms with Gasteiger partial charge in [0, 0.05) is 0 Å². The van der Waals surface area contributed by atoms with E-state index >= 15 is 0 Å². The van der Waals surface area contributed by atoms with Crippen LogP contribution in [0.15, 0.2) is 0 Å². The van der Waals surface area contributed by atoms with Crippen LogP contribution in [-0.2, 0) is 36.2 Å². The molecule has 0 fully saturated rings. The summed E-state index contributed by atoms with van der Waals surface area (Å²) in [6.07, 6.45) is 0. The fraction of sp³-hybridized carbons (Fsp3) is 0.500. The Labute approximate surface area is 178 Å². The average molecular weight is 518 g/mol. The van der Waals surface area contributed by atoms with Gasteiger partial charge in [-0.1, -0.05) is 0 Å². The van der Waals surface area contributed by atoms with Crippen molar-refractivity contribution in [1.29, 1.82) is 0 Å². The summed E-state index contributed by atoms with van der Waals surface area (Å²) >= 11 is 0. The predicted molar refractivity (Wildman–Crippen MR) is 83.3 cm³/mol. The largest absolute Gasteiger partial charge is 3.00 e. The van der Waals surface area contributed by atoms with Gasteiger partial charge in [-0.3, -0.25) is 0 Å². The molecule has 0 heterocycles. The Hall–Kier alpha value is -2.12. The molecule has 0 amide bonds. The molecule has 0 saturated heterocycles. The molecule has 30 heavy (non-hydrogen) atoms. The van der Waals surface area contributed by atoms with Crippen LogP contribution < -0.4 is 26.6 Å². The maximum absolute atomic E-state index is 9.01. The van der Waals surface area contributed by atoms with E-state index in [1.54, 1.807) is 0 Å². The summed E-state index contributed by atoms with van der Waals surface area (Å²) in [6, 6.07) is 0. The summed E-state index contributed by atoms with van der Waals surface area (Å²) in [4.78, 5) is 36.0. The Bertz CT molecular complexity index is 234. The van der Waals surface area contributed by atoms with Crippen molar-refractivity contribution in [3.05, 3.63) is 0 Å². The Kier molecular flexibility index (Phi) is 326. The van der Waals surface area contributed by atoms with Gasteiger partial charge in [-0.05, 0) is 0 Å². The third-order valence-corrected chi connectivity index (χ3v) is 0.516. The van der Waals surface area contributed by atoms with Gasteiger partial charge in [-0.2, -0.15) is 0 Å². The number of carbonyl (C=O) groups is 4. The molecule has 0 aromatic rings. The van der Waals surface area contributed by atoms with Crippen molar-refractivity contribution in [3.8, 4) is 0 Å². The van der Waals surface area contributed by atoms with E-state index in [1.165, 1.54) is 0 Å². The first-order valence-electron chi connectivity index (χ1n) is 4.31. The molecular weight excluding hydrogens is 486 g/mol. The molecule has 0 aromatic heterocycles. The Morgan fingerprint density at radius 1 is 0.433 bits per heavy atom. The Morgan fingerprint density at radius 3 is 0.467 bits per heavy atom. The van der Waals surface area contributed by atoms with Crippen LogP contribution in [0.4, 0.5) is 0 Å². The van der Waals surface area contributed by atoms with E-state index in [4.69, 9.17) is 60.0 Å². The maximum atomic E-state index is 9.01. The summed E-state index contributed by atoms with van der Waals surface area (Å²) in [5.41, 5.74) is 0. The van der Waals surface area contributed by atoms with Gasteiger partial charge in [0.05, 0.1) is 50.3 Å². The molecular formula is C8H32FeNO20. The second kappa shape index (κ2) is 93.5. The number of carboxylic acids is 4. The first-order chi connectivity index (χ1) is 9.08. The van der Waals surface area contributed by atoms with Crippen LogP contribution in [0.3, 0.4) is 0 Å². The van der Waals surface area contributed by atoms with Gasteiger partial charge in [0.15, 0.2) is 0 Å². The van der Waals surface area contributed by atoms with Crippen molar-refractivity contribution in [1.82, 2.24) is 6.15 Å². The molecule has 0 bridgehead atoms. The molecule has 24 N–H and O–H groups in total. The van der Waals surface area contributed by atoms with Crippen LogP contribution in [0.25, 0.3) is 0 Å². The van der Waals surface area contributed by atoms with E-state index in [0.717, 1.165) is 0 Å². The molecule has 0 rings (SSSR count). The van der Waals surface area contributed by atoms with Crippen LogP contribution in [0, 0.1) is 0 Å². The zero-order chi connectivity index (χ0) is 17.1. The number of aliphatic hydroxyl groups excluding tert-OH is 4. The van der Waals surface area contributed by atoms with Gasteiger partial charge >= 0.3 is 17.1 Å². The first-order valence-corrected chi connectivity index (χ1v) is 4.31. The molecule has 21 nitrogen and oxygen atoms in total. The normalized spacial score (nSPS) is 4.93. The zero-order valence-electron chi connectivity index (χ0n) is 15.2. The molecule has 0 unspecified atom stereocenters. The molecule has 0 aromatic carbocycles. The SMILES string of the molecule is O.O.O.O.O.O.O.O.O=C([O-])CO.O=C([O-])CO.O=C([O-])CO.O=C([O-])CO.[Fe+3].[NH4+]. The van der Waals surface area contributed by atoms with Crippen LogP contribution in [0.1, 0.15) is 0 Å². The van der Waals surface area contributed by atoms with E-state index in [-0.39, 0.29) is 67.0 Å². The van der Waals surface area contributed by atoms with Gasteiger partial charge in [0.25, 0.3) is 0 Å². The summed E-state index contributed by atoms with van der Waals surface area (Å²) in [5, 5.41) is 66.0. The van der Waals surface area contributed by atoms with Gasteiger partial charge in [-0.25, -0.2) is 0 Å². The first kappa shape index (κ1) is 105. The van der Waals surface area contributed by atoms with Crippen LogP contribution in [0.2, 0.25) is 0 Å².